The molecule has 1 aromatic rings. The Bertz CT molecular complexity index is 487. The lowest BCUT2D eigenvalue weighted by Crippen LogP contribution is -2.42. The Kier molecular flexibility index (Phi) is 4.56. The van der Waals surface area contributed by atoms with E-state index in [1.165, 1.54) is 0 Å². The van der Waals surface area contributed by atoms with Gasteiger partial charge in [0.05, 0.1) is 4.90 Å². The van der Waals surface area contributed by atoms with Crippen LogP contribution in [0.15, 0.2) is 29.2 Å². The number of benzene rings is 1. The molecule has 0 saturated carbocycles. The average molecular weight is 269 g/mol. The summed E-state index contributed by atoms with van der Waals surface area (Å²) in [5.74, 6) is 0.404. The Morgan fingerprint density at radius 2 is 1.67 bits per heavy atom. The lowest BCUT2D eigenvalue weighted by Gasteiger charge is -2.24. The van der Waals surface area contributed by atoms with E-state index in [4.69, 9.17) is 0 Å². The van der Waals surface area contributed by atoms with Crippen LogP contribution in [0.1, 0.15) is 52.5 Å². The molecule has 0 spiro atoms. The molecule has 0 fully saturated rings. The highest BCUT2D eigenvalue weighted by molar-refractivity contribution is 7.89. The van der Waals surface area contributed by atoms with Crippen LogP contribution in [0.25, 0.3) is 0 Å². The van der Waals surface area contributed by atoms with Gasteiger partial charge in [-0.25, -0.2) is 13.1 Å². The van der Waals surface area contributed by atoms with Crippen molar-refractivity contribution in [3.05, 3.63) is 29.8 Å². The van der Waals surface area contributed by atoms with Crippen LogP contribution in [0.3, 0.4) is 0 Å². The smallest absolute Gasteiger partial charge is 0.207 e. The summed E-state index contributed by atoms with van der Waals surface area (Å²) in [6.45, 7) is 9.90. The van der Waals surface area contributed by atoms with E-state index in [0.29, 0.717) is 10.8 Å². The summed E-state index contributed by atoms with van der Waals surface area (Å²) < 4.78 is 27.1. The van der Waals surface area contributed by atoms with Gasteiger partial charge in [0.1, 0.15) is 0 Å². The maximum Gasteiger partial charge on any atom is 0.241 e. The van der Waals surface area contributed by atoms with E-state index in [-0.39, 0.29) is 0 Å². The minimum Gasteiger partial charge on any atom is -0.207 e. The summed E-state index contributed by atoms with van der Waals surface area (Å²) in [4.78, 5) is 0.327. The lowest BCUT2D eigenvalue weighted by molar-refractivity contribution is 0.439. The number of nitrogens with one attached hydrogen (secondary N) is 1. The second kappa shape index (κ2) is 5.41. The van der Waals surface area contributed by atoms with Crippen molar-refractivity contribution >= 4 is 10.0 Å². The monoisotopic (exact) mass is 269 g/mol. The van der Waals surface area contributed by atoms with Crippen LogP contribution in [0.4, 0.5) is 0 Å². The van der Waals surface area contributed by atoms with Gasteiger partial charge in [-0.2, -0.15) is 0 Å². The van der Waals surface area contributed by atoms with Crippen LogP contribution < -0.4 is 4.72 Å². The normalized spacial score (nSPS) is 13.0. The number of hydrogen-bond donors (Lipinski definition) is 1. The largest absolute Gasteiger partial charge is 0.241 e. The molecule has 3 nitrogen and oxygen atoms in total. The molecule has 0 aromatic heterocycles. The van der Waals surface area contributed by atoms with Crippen LogP contribution in [-0.2, 0) is 10.0 Å². The fraction of sp³-hybridized carbons (Fsp3) is 0.571. The van der Waals surface area contributed by atoms with E-state index in [1.54, 1.807) is 12.1 Å². The Morgan fingerprint density at radius 3 is 2.06 bits per heavy atom. The summed E-state index contributed by atoms with van der Waals surface area (Å²) in [6.07, 6.45) is 0.746. The summed E-state index contributed by atoms with van der Waals surface area (Å²) >= 11 is 0. The minimum absolute atomic E-state index is 0.327. The highest BCUT2D eigenvalue weighted by Crippen LogP contribution is 2.19. The van der Waals surface area contributed by atoms with Crippen molar-refractivity contribution in [1.82, 2.24) is 4.72 Å². The van der Waals surface area contributed by atoms with Crippen LogP contribution >= 0.6 is 0 Å². The van der Waals surface area contributed by atoms with Crippen LogP contribution in [0.5, 0.6) is 0 Å². The molecule has 102 valence electrons. The molecule has 0 amide bonds. The van der Waals surface area contributed by atoms with Gasteiger partial charge in [0.25, 0.3) is 0 Å². The highest BCUT2D eigenvalue weighted by Gasteiger charge is 2.24. The molecule has 0 aliphatic rings. The Balaban J connectivity index is 2.99. The Hall–Kier alpha value is -0.870. The van der Waals surface area contributed by atoms with E-state index in [9.17, 15) is 8.42 Å². The van der Waals surface area contributed by atoms with Crippen LogP contribution in [0.2, 0.25) is 0 Å². The predicted molar refractivity (Wildman–Crippen MR) is 75.2 cm³/mol. The summed E-state index contributed by atoms with van der Waals surface area (Å²) in [7, 11) is -3.42. The third kappa shape index (κ3) is 3.82. The van der Waals surface area contributed by atoms with Gasteiger partial charge in [0, 0.05) is 5.54 Å². The average Bonchev–Trinajstić information content (AvgIpc) is 2.28. The third-order valence-electron chi connectivity index (χ3n) is 3.15. The van der Waals surface area contributed by atoms with Crippen molar-refractivity contribution in [3.63, 3.8) is 0 Å². The van der Waals surface area contributed by atoms with E-state index in [2.05, 4.69) is 18.6 Å². The molecule has 0 heterocycles. The van der Waals surface area contributed by atoms with Gasteiger partial charge < -0.3 is 0 Å². The van der Waals surface area contributed by atoms with Gasteiger partial charge in [0.2, 0.25) is 10.0 Å². The molecule has 1 aromatic carbocycles. The van der Waals surface area contributed by atoms with E-state index in [0.717, 1.165) is 12.0 Å². The zero-order valence-corrected chi connectivity index (χ0v) is 12.6. The third-order valence-corrected chi connectivity index (χ3v) is 4.87. The first-order chi connectivity index (χ1) is 8.18. The fourth-order valence-corrected chi connectivity index (χ4v) is 3.01. The highest BCUT2D eigenvalue weighted by atomic mass is 32.2. The van der Waals surface area contributed by atoms with Crippen molar-refractivity contribution in [2.24, 2.45) is 0 Å². The zero-order valence-electron chi connectivity index (χ0n) is 11.8. The van der Waals surface area contributed by atoms with Gasteiger partial charge in [-0.15, -0.1) is 0 Å². The topological polar surface area (TPSA) is 46.2 Å². The van der Waals surface area contributed by atoms with E-state index in [1.807, 2.05) is 32.9 Å². The zero-order chi connectivity index (χ0) is 14.0. The standard InChI is InChI=1S/C14H23NO2S/c1-6-14(4,5)15-18(16,17)13-9-7-12(8-10-13)11(2)3/h7-11,15H,6H2,1-5H3. The van der Waals surface area contributed by atoms with Gasteiger partial charge in [-0.05, 0) is 43.9 Å². The van der Waals surface area contributed by atoms with E-state index < -0.39 is 15.6 Å². The van der Waals surface area contributed by atoms with Crippen molar-refractivity contribution in [2.75, 3.05) is 0 Å². The predicted octanol–water partition coefficient (Wildman–Crippen LogP) is 3.28. The van der Waals surface area contributed by atoms with Crippen molar-refractivity contribution in [3.8, 4) is 0 Å². The second-order valence-electron chi connectivity index (χ2n) is 5.57. The molecule has 0 bridgehead atoms. The van der Waals surface area contributed by atoms with Crippen LogP contribution in [-0.4, -0.2) is 14.0 Å². The molecular weight excluding hydrogens is 246 g/mol. The van der Waals surface area contributed by atoms with Gasteiger partial charge >= 0.3 is 0 Å². The molecule has 0 atom stereocenters. The Labute approximate surface area is 111 Å². The Morgan fingerprint density at radius 1 is 1.17 bits per heavy atom. The van der Waals surface area contributed by atoms with Gasteiger partial charge in [-0.3, -0.25) is 0 Å². The van der Waals surface area contributed by atoms with Crippen molar-refractivity contribution < 1.29 is 8.42 Å². The summed E-state index contributed by atoms with van der Waals surface area (Å²) in [5.41, 5.74) is 0.721. The molecule has 0 aliphatic heterocycles. The molecule has 1 rings (SSSR count). The molecule has 0 saturated heterocycles. The molecule has 0 unspecified atom stereocenters. The molecule has 4 heteroatoms. The SMILES string of the molecule is CCC(C)(C)NS(=O)(=O)c1ccc(C(C)C)cc1. The first-order valence-electron chi connectivity index (χ1n) is 6.32. The van der Waals surface area contributed by atoms with Crippen molar-refractivity contribution in [1.29, 1.82) is 0 Å². The first-order valence-corrected chi connectivity index (χ1v) is 7.80. The van der Waals surface area contributed by atoms with Gasteiger partial charge in [-0.1, -0.05) is 32.9 Å². The quantitative estimate of drug-likeness (QED) is 0.891. The maximum absolute atomic E-state index is 12.2. The number of hydrogen-bond acceptors (Lipinski definition) is 2. The lowest BCUT2D eigenvalue weighted by atomic mass is 10.0. The van der Waals surface area contributed by atoms with Crippen LogP contribution in [0, 0.1) is 0 Å². The molecule has 18 heavy (non-hydrogen) atoms. The molecule has 1 N–H and O–H groups in total. The summed E-state index contributed by atoms with van der Waals surface area (Å²) in [5, 5.41) is 0. The van der Waals surface area contributed by atoms with Gasteiger partial charge in [0.15, 0.2) is 0 Å². The van der Waals surface area contributed by atoms with Crippen molar-refractivity contribution in [2.45, 2.75) is 57.4 Å². The fourth-order valence-electron chi connectivity index (χ4n) is 1.53. The first kappa shape index (κ1) is 15.2. The molecular formula is C14H23NO2S. The molecule has 0 radical (unpaired) electrons. The molecule has 0 aliphatic carbocycles. The second-order valence-corrected chi connectivity index (χ2v) is 7.25. The maximum atomic E-state index is 12.2. The summed E-state index contributed by atoms with van der Waals surface area (Å²) in [6, 6.07) is 7.09. The number of sulfonamides is 1. The number of rotatable bonds is 5. The van der Waals surface area contributed by atoms with E-state index >= 15 is 0 Å². The minimum atomic E-state index is -3.42.